The van der Waals surface area contributed by atoms with Crippen molar-refractivity contribution in [1.29, 1.82) is 0 Å². The highest BCUT2D eigenvalue weighted by Crippen LogP contribution is 2.32. The molecule has 1 N–H and O–H groups in total. The van der Waals surface area contributed by atoms with E-state index in [9.17, 15) is 4.79 Å². The molecule has 1 aromatic carbocycles. The van der Waals surface area contributed by atoms with Crippen molar-refractivity contribution in [2.45, 2.75) is 25.9 Å². The molecule has 3 aliphatic heterocycles. The van der Waals surface area contributed by atoms with Crippen molar-refractivity contribution >= 4 is 16.7 Å². The van der Waals surface area contributed by atoms with Crippen LogP contribution in [-0.2, 0) is 17.7 Å². The average molecular weight is 355 g/mol. The largest absolute Gasteiger partial charge is 0.422 e. The number of hydrogen-bond donors (Lipinski definition) is 1. The maximum atomic E-state index is 12.5. The van der Waals surface area contributed by atoms with Gasteiger partial charge in [0.2, 0.25) is 0 Å². The van der Waals surface area contributed by atoms with Crippen molar-refractivity contribution in [1.82, 2.24) is 10.2 Å². The summed E-state index contributed by atoms with van der Waals surface area (Å²) in [5.74, 6) is 0. The van der Waals surface area contributed by atoms with E-state index in [1.807, 2.05) is 0 Å². The Morgan fingerprint density at radius 2 is 2.12 bits per heavy atom. The van der Waals surface area contributed by atoms with Crippen LogP contribution in [0.4, 0.5) is 5.69 Å². The van der Waals surface area contributed by atoms with E-state index < -0.39 is 0 Å². The maximum Gasteiger partial charge on any atom is 0.341 e. The summed E-state index contributed by atoms with van der Waals surface area (Å²) in [6.07, 6.45) is 0.883. The van der Waals surface area contributed by atoms with E-state index in [4.69, 9.17) is 9.15 Å². The number of hydrogen-bond acceptors (Lipinski definition) is 6. The summed E-state index contributed by atoms with van der Waals surface area (Å²) in [6, 6.07) is 4.81. The summed E-state index contributed by atoms with van der Waals surface area (Å²) in [7, 11) is 0. The van der Waals surface area contributed by atoms with E-state index in [0.29, 0.717) is 12.6 Å². The minimum atomic E-state index is -0.189. The minimum absolute atomic E-state index is 0.189. The van der Waals surface area contributed by atoms with E-state index in [-0.39, 0.29) is 5.63 Å². The second kappa shape index (κ2) is 6.37. The Labute approximate surface area is 152 Å². The molecule has 2 saturated heterocycles. The predicted molar refractivity (Wildman–Crippen MR) is 101 cm³/mol. The minimum Gasteiger partial charge on any atom is -0.422 e. The first-order chi connectivity index (χ1) is 12.7. The number of fused-ring (bicyclic) bond motifs is 4. The Morgan fingerprint density at radius 3 is 3.04 bits per heavy atom. The fourth-order valence-electron chi connectivity index (χ4n) is 4.69. The van der Waals surface area contributed by atoms with E-state index in [1.165, 1.54) is 5.69 Å². The van der Waals surface area contributed by atoms with Gasteiger partial charge in [0, 0.05) is 49.4 Å². The third-order valence-corrected chi connectivity index (χ3v) is 6.14. The van der Waals surface area contributed by atoms with Crippen LogP contribution in [0, 0.1) is 6.92 Å². The van der Waals surface area contributed by atoms with Crippen molar-refractivity contribution in [3.63, 3.8) is 0 Å². The molecular formula is C20H25N3O3. The Morgan fingerprint density at radius 1 is 1.19 bits per heavy atom. The molecule has 2 fully saturated rings. The fraction of sp³-hybridized carbons (Fsp3) is 0.550. The number of benzene rings is 1. The molecule has 6 heteroatoms. The summed E-state index contributed by atoms with van der Waals surface area (Å²) in [6.45, 7) is 9.31. The molecule has 0 saturated carbocycles. The van der Waals surface area contributed by atoms with Crippen LogP contribution < -0.4 is 15.8 Å². The molecule has 5 rings (SSSR count). The zero-order valence-electron chi connectivity index (χ0n) is 15.2. The normalized spacial score (nSPS) is 23.7. The third kappa shape index (κ3) is 2.55. The maximum absolute atomic E-state index is 12.5. The number of rotatable bonds is 1. The predicted octanol–water partition coefficient (Wildman–Crippen LogP) is 1.27. The van der Waals surface area contributed by atoms with Crippen LogP contribution in [0.15, 0.2) is 21.3 Å². The van der Waals surface area contributed by atoms with Crippen LogP contribution in [0.1, 0.15) is 16.7 Å². The van der Waals surface area contributed by atoms with E-state index in [0.717, 1.165) is 80.0 Å². The molecule has 1 atom stereocenters. The first kappa shape index (κ1) is 16.3. The summed E-state index contributed by atoms with van der Waals surface area (Å²) in [5.41, 5.74) is 4.78. The van der Waals surface area contributed by atoms with Gasteiger partial charge in [-0.1, -0.05) is 0 Å². The van der Waals surface area contributed by atoms with Gasteiger partial charge >= 0.3 is 5.63 Å². The molecule has 6 nitrogen and oxygen atoms in total. The van der Waals surface area contributed by atoms with Gasteiger partial charge in [-0.3, -0.25) is 4.90 Å². The molecule has 0 bridgehead atoms. The molecule has 0 aliphatic carbocycles. The van der Waals surface area contributed by atoms with Gasteiger partial charge in [0.05, 0.1) is 24.8 Å². The van der Waals surface area contributed by atoms with Gasteiger partial charge < -0.3 is 19.4 Å². The molecule has 26 heavy (non-hydrogen) atoms. The van der Waals surface area contributed by atoms with Crippen LogP contribution in [-0.4, -0.2) is 56.9 Å². The first-order valence-corrected chi connectivity index (χ1v) is 9.58. The number of piperazine rings is 1. The molecular weight excluding hydrogens is 330 g/mol. The number of anilines is 1. The van der Waals surface area contributed by atoms with Crippen LogP contribution in [0.25, 0.3) is 11.0 Å². The first-order valence-electron chi connectivity index (χ1n) is 9.58. The number of ether oxygens (including phenoxy) is 1. The van der Waals surface area contributed by atoms with Gasteiger partial charge in [0.25, 0.3) is 0 Å². The van der Waals surface area contributed by atoms with Crippen molar-refractivity contribution < 1.29 is 9.15 Å². The highest BCUT2D eigenvalue weighted by Gasteiger charge is 2.30. The third-order valence-electron chi connectivity index (χ3n) is 6.14. The van der Waals surface area contributed by atoms with Crippen LogP contribution in [0.3, 0.4) is 0 Å². The Balaban J connectivity index is 1.55. The molecule has 1 aromatic heterocycles. The van der Waals surface area contributed by atoms with Gasteiger partial charge in [-0.15, -0.1) is 0 Å². The van der Waals surface area contributed by atoms with Crippen molar-refractivity contribution in [2.24, 2.45) is 0 Å². The van der Waals surface area contributed by atoms with Crippen LogP contribution >= 0.6 is 0 Å². The van der Waals surface area contributed by atoms with Crippen molar-refractivity contribution in [2.75, 3.05) is 50.8 Å². The Bertz CT molecular complexity index is 907. The topological polar surface area (TPSA) is 58.0 Å². The lowest BCUT2D eigenvalue weighted by Gasteiger charge is -2.45. The Hall–Kier alpha value is -1.89. The lowest BCUT2D eigenvalue weighted by atomic mass is 9.96. The summed E-state index contributed by atoms with van der Waals surface area (Å²) < 4.78 is 11.4. The Kier molecular flexibility index (Phi) is 3.99. The van der Waals surface area contributed by atoms with E-state index in [1.54, 1.807) is 0 Å². The van der Waals surface area contributed by atoms with Gasteiger partial charge in [0.1, 0.15) is 5.58 Å². The molecule has 138 valence electrons. The molecule has 0 unspecified atom stereocenters. The van der Waals surface area contributed by atoms with Crippen LogP contribution in [0.2, 0.25) is 0 Å². The lowest BCUT2D eigenvalue weighted by molar-refractivity contribution is -0.0117. The molecule has 0 amide bonds. The highest BCUT2D eigenvalue weighted by molar-refractivity contribution is 5.88. The van der Waals surface area contributed by atoms with Gasteiger partial charge in [-0.05, 0) is 37.6 Å². The van der Waals surface area contributed by atoms with Gasteiger partial charge in [-0.2, -0.15) is 0 Å². The van der Waals surface area contributed by atoms with Crippen LogP contribution in [0.5, 0.6) is 0 Å². The van der Waals surface area contributed by atoms with Gasteiger partial charge in [0.15, 0.2) is 0 Å². The smallest absolute Gasteiger partial charge is 0.341 e. The van der Waals surface area contributed by atoms with Crippen molar-refractivity contribution in [3.8, 4) is 0 Å². The fourth-order valence-corrected chi connectivity index (χ4v) is 4.69. The standard InChI is InChI=1S/C20H25N3O3/c1-13-18(23-7-6-22-8-9-25-12-14(22)11-23)3-2-16-15-4-5-21-10-17(15)20(24)26-19(13)16/h2-3,14,21H,4-12H2,1H3/t14-/m1/s1. The number of aryl methyl sites for hydroxylation is 1. The number of morpholine rings is 1. The monoisotopic (exact) mass is 355 g/mol. The number of nitrogens with one attached hydrogen (secondary N) is 1. The SMILES string of the molecule is Cc1c(N2CCN3CCOC[C@H]3C2)ccc2c3c(c(=O)oc12)CNCC3. The molecule has 3 aliphatic rings. The second-order valence-corrected chi connectivity index (χ2v) is 7.57. The zero-order chi connectivity index (χ0) is 17.7. The summed E-state index contributed by atoms with van der Waals surface area (Å²) >= 11 is 0. The molecule has 0 spiro atoms. The van der Waals surface area contributed by atoms with Gasteiger partial charge in [-0.25, -0.2) is 4.79 Å². The summed E-state index contributed by atoms with van der Waals surface area (Å²) in [4.78, 5) is 17.4. The molecule has 2 aromatic rings. The molecule has 0 radical (unpaired) electrons. The zero-order valence-corrected chi connectivity index (χ0v) is 15.2. The highest BCUT2D eigenvalue weighted by atomic mass is 16.5. The quantitative estimate of drug-likeness (QED) is 0.778. The van der Waals surface area contributed by atoms with E-state index >= 15 is 0 Å². The van der Waals surface area contributed by atoms with E-state index in [2.05, 4.69) is 34.2 Å². The number of nitrogens with zero attached hydrogens (tertiary/aromatic N) is 2. The van der Waals surface area contributed by atoms with Crippen molar-refractivity contribution in [3.05, 3.63) is 39.2 Å². The second-order valence-electron chi connectivity index (χ2n) is 7.57. The summed E-state index contributed by atoms with van der Waals surface area (Å²) in [5, 5.41) is 4.36. The lowest BCUT2D eigenvalue weighted by Crippen LogP contribution is -2.58. The molecule has 4 heterocycles. The average Bonchev–Trinajstić information content (AvgIpc) is 2.69.